The standard InChI is InChI=1S/C9H18O3/c1-11-9(12-2)7-3-5-8(10)6-4-7/h7-10H,3-6H2,1-2H3. The van der Waals surface area contributed by atoms with Gasteiger partial charge in [0.15, 0.2) is 6.29 Å². The summed E-state index contributed by atoms with van der Waals surface area (Å²) in [5.74, 6) is 0.461. The molecule has 1 aliphatic carbocycles. The Kier molecular flexibility index (Phi) is 3.98. The Labute approximate surface area is 73.7 Å². The number of aliphatic hydroxyl groups excluding tert-OH is 1. The number of ether oxygens (including phenoxy) is 2. The second kappa shape index (κ2) is 4.80. The molecule has 0 saturated heterocycles. The van der Waals surface area contributed by atoms with E-state index in [0.29, 0.717) is 5.92 Å². The van der Waals surface area contributed by atoms with Gasteiger partial charge in [0.1, 0.15) is 0 Å². The van der Waals surface area contributed by atoms with Crippen LogP contribution in [0.2, 0.25) is 0 Å². The zero-order valence-corrected chi connectivity index (χ0v) is 7.82. The molecule has 1 saturated carbocycles. The van der Waals surface area contributed by atoms with Gasteiger partial charge in [-0.15, -0.1) is 0 Å². The average molecular weight is 174 g/mol. The Morgan fingerprint density at radius 3 is 2.00 bits per heavy atom. The molecule has 1 rings (SSSR count). The van der Waals surface area contributed by atoms with Gasteiger partial charge in [-0.05, 0) is 25.7 Å². The number of aliphatic hydroxyl groups is 1. The van der Waals surface area contributed by atoms with E-state index in [1.165, 1.54) is 0 Å². The first-order valence-corrected chi connectivity index (χ1v) is 4.51. The molecule has 0 radical (unpaired) electrons. The third kappa shape index (κ3) is 2.44. The van der Waals surface area contributed by atoms with Crippen LogP contribution in [0.1, 0.15) is 25.7 Å². The highest BCUT2D eigenvalue weighted by molar-refractivity contribution is 4.73. The van der Waals surface area contributed by atoms with Crippen molar-refractivity contribution in [3.63, 3.8) is 0 Å². The second-order valence-corrected chi connectivity index (χ2v) is 3.41. The lowest BCUT2D eigenvalue weighted by atomic mass is 9.87. The van der Waals surface area contributed by atoms with Crippen LogP contribution in [-0.4, -0.2) is 31.7 Å². The molecule has 1 fully saturated rings. The van der Waals surface area contributed by atoms with E-state index in [1.54, 1.807) is 14.2 Å². The molecule has 0 bridgehead atoms. The molecular formula is C9H18O3. The van der Waals surface area contributed by atoms with Gasteiger partial charge in [0.25, 0.3) is 0 Å². The van der Waals surface area contributed by atoms with Crippen molar-refractivity contribution in [3.05, 3.63) is 0 Å². The van der Waals surface area contributed by atoms with Crippen LogP contribution < -0.4 is 0 Å². The summed E-state index contributed by atoms with van der Waals surface area (Å²) >= 11 is 0. The Hall–Kier alpha value is -0.120. The van der Waals surface area contributed by atoms with Gasteiger partial charge in [-0.2, -0.15) is 0 Å². The Morgan fingerprint density at radius 1 is 1.08 bits per heavy atom. The van der Waals surface area contributed by atoms with Crippen LogP contribution >= 0.6 is 0 Å². The SMILES string of the molecule is COC(OC)C1CCC(O)CC1. The molecule has 1 aliphatic rings. The van der Waals surface area contributed by atoms with Crippen LogP contribution in [0.15, 0.2) is 0 Å². The lowest BCUT2D eigenvalue weighted by molar-refractivity contribution is -0.147. The predicted molar refractivity (Wildman–Crippen MR) is 45.8 cm³/mol. The van der Waals surface area contributed by atoms with E-state index in [0.717, 1.165) is 25.7 Å². The van der Waals surface area contributed by atoms with E-state index < -0.39 is 0 Å². The van der Waals surface area contributed by atoms with Gasteiger partial charge in [0, 0.05) is 20.1 Å². The quantitative estimate of drug-likeness (QED) is 0.652. The van der Waals surface area contributed by atoms with Gasteiger partial charge in [-0.1, -0.05) is 0 Å². The monoisotopic (exact) mass is 174 g/mol. The predicted octanol–water partition coefficient (Wildman–Crippen LogP) is 1.16. The number of methoxy groups -OCH3 is 2. The largest absolute Gasteiger partial charge is 0.393 e. The van der Waals surface area contributed by atoms with Crippen molar-refractivity contribution in [2.75, 3.05) is 14.2 Å². The molecule has 0 aliphatic heterocycles. The lowest BCUT2D eigenvalue weighted by Gasteiger charge is -2.30. The highest BCUT2D eigenvalue weighted by atomic mass is 16.7. The van der Waals surface area contributed by atoms with Gasteiger partial charge >= 0.3 is 0 Å². The zero-order valence-electron chi connectivity index (χ0n) is 7.82. The smallest absolute Gasteiger partial charge is 0.159 e. The molecule has 3 nitrogen and oxygen atoms in total. The molecule has 0 spiro atoms. The first-order valence-electron chi connectivity index (χ1n) is 4.51. The molecular weight excluding hydrogens is 156 g/mol. The first-order chi connectivity index (χ1) is 5.77. The van der Waals surface area contributed by atoms with Gasteiger partial charge < -0.3 is 14.6 Å². The fraction of sp³-hybridized carbons (Fsp3) is 1.00. The van der Waals surface area contributed by atoms with Crippen LogP contribution in [0.5, 0.6) is 0 Å². The molecule has 12 heavy (non-hydrogen) atoms. The summed E-state index contributed by atoms with van der Waals surface area (Å²) < 4.78 is 10.3. The van der Waals surface area contributed by atoms with E-state index >= 15 is 0 Å². The Bertz CT molecular complexity index is 115. The summed E-state index contributed by atoms with van der Waals surface area (Å²) in [4.78, 5) is 0. The molecule has 0 amide bonds. The van der Waals surface area contributed by atoms with Crippen molar-refractivity contribution >= 4 is 0 Å². The molecule has 0 aromatic carbocycles. The number of rotatable bonds is 3. The minimum Gasteiger partial charge on any atom is -0.393 e. The molecule has 1 N–H and O–H groups in total. The van der Waals surface area contributed by atoms with Crippen LogP contribution in [0, 0.1) is 5.92 Å². The normalized spacial score (nSPS) is 31.0. The van der Waals surface area contributed by atoms with Crippen molar-refractivity contribution in [2.45, 2.75) is 38.1 Å². The minimum atomic E-state index is -0.101. The average Bonchev–Trinajstić information content (AvgIpc) is 2.10. The Morgan fingerprint density at radius 2 is 1.58 bits per heavy atom. The molecule has 0 aromatic rings. The van der Waals surface area contributed by atoms with E-state index in [1.807, 2.05) is 0 Å². The zero-order chi connectivity index (χ0) is 8.97. The van der Waals surface area contributed by atoms with Crippen molar-refractivity contribution in [2.24, 2.45) is 5.92 Å². The van der Waals surface area contributed by atoms with E-state index in [9.17, 15) is 5.11 Å². The summed E-state index contributed by atoms with van der Waals surface area (Å²) in [5, 5.41) is 9.27. The van der Waals surface area contributed by atoms with Crippen LogP contribution in [-0.2, 0) is 9.47 Å². The van der Waals surface area contributed by atoms with Gasteiger partial charge in [-0.3, -0.25) is 0 Å². The van der Waals surface area contributed by atoms with Gasteiger partial charge in [0.2, 0.25) is 0 Å². The summed E-state index contributed by atoms with van der Waals surface area (Å²) in [5.41, 5.74) is 0. The van der Waals surface area contributed by atoms with Crippen molar-refractivity contribution in [1.29, 1.82) is 0 Å². The highest BCUT2D eigenvalue weighted by Gasteiger charge is 2.26. The van der Waals surface area contributed by atoms with Gasteiger partial charge in [-0.25, -0.2) is 0 Å². The summed E-state index contributed by atoms with van der Waals surface area (Å²) in [7, 11) is 3.33. The van der Waals surface area contributed by atoms with E-state index in [-0.39, 0.29) is 12.4 Å². The molecule has 0 atom stereocenters. The first kappa shape index (κ1) is 9.96. The van der Waals surface area contributed by atoms with Crippen molar-refractivity contribution in [3.8, 4) is 0 Å². The maximum absolute atomic E-state index is 9.27. The summed E-state index contributed by atoms with van der Waals surface area (Å²) in [6, 6.07) is 0. The third-order valence-electron chi connectivity index (χ3n) is 2.59. The summed E-state index contributed by atoms with van der Waals surface area (Å²) in [6.07, 6.45) is 3.59. The number of hydrogen-bond donors (Lipinski definition) is 1. The van der Waals surface area contributed by atoms with Gasteiger partial charge in [0.05, 0.1) is 6.10 Å². The highest BCUT2D eigenvalue weighted by Crippen LogP contribution is 2.28. The van der Waals surface area contributed by atoms with Crippen molar-refractivity contribution < 1.29 is 14.6 Å². The molecule has 0 unspecified atom stereocenters. The van der Waals surface area contributed by atoms with E-state index in [2.05, 4.69) is 0 Å². The third-order valence-corrected chi connectivity index (χ3v) is 2.59. The fourth-order valence-corrected chi connectivity index (χ4v) is 1.85. The molecule has 0 heterocycles. The van der Waals surface area contributed by atoms with Crippen LogP contribution in [0.3, 0.4) is 0 Å². The second-order valence-electron chi connectivity index (χ2n) is 3.41. The molecule has 72 valence electrons. The Balaban J connectivity index is 2.32. The van der Waals surface area contributed by atoms with E-state index in [4.69, 9.17) is 9.47 Å². The summed E-state index contributed by atoms with van der Waals surface area (Å²) in [6.45, 7) is 0. The maximum Gasteiger partial charge on any atom is 0.159 e. The number of hydrogen-bond acceptors (Lipinski definition) is 3. The molecule has 3 heteroatoms. The fourth-order valence-electron chi connectivity index (χ4n) is 1.85. The van der Waals surface area contributed by atoms with Crippen molar-refractivity contribution in [1.82, 2.24) is 0 Å². The van der Waals surface area contributed by atoms with Crippen LogP contribution in [0.25, 0.3) is 0 Å². The molecule has 0 aromatic heterocycles. The maximum atomic E-state index is 9.27. The van der Waals surface area contributed by atoms with Crippen LogP contribution in [0.4, 0.5) is 0 Å². The topological polar surface area (TPSA) is 38.7 Å². The minimum absolute atomic E-state index is 0.0856. The lowest BCUT2D eigenvalue weighted by Crippen LogP contribution is -2.30.